The number of nitrogens with zero attached hydrogens (tertiary/aromatic N) is 3. The number of rotatable bonds is 5. The molecule has 4 saturated carbocycles. The number of carbonyl (C=O) groups is 2. The zero-order chi connectivity index (χ0) is 20.2. The number of hydrogen-bond acceptors (Lipinski definition) is 5. The minimum atomic E-state index is -0.571. The van der Waals surface area contributed by atoms with Crippen molar-refractivity contribution in [3.8, 4) is 6.19 Å². The van der Waals surface area contributed by atoms with Crippen LogP contribution in [0.4, 0.5) is 0 Å². The van der Waals surface area contributed by atoms with Gasteiger partial charge in [-0.2, -0.15) is 5.26 Å². The van der Waals surface area contributed by atoms with E-state index in [1.807, 2.05) is 0 Å². The van der Waals surface area contributed by atoms with Crippen molar-refractivity contribution >= 4 is 11.8 Å². The molecular formula is C22H32N4O3. The first-order valence-electron chi connectivity index (χ1n) is 11.4. The van der Waals surface area contributed by atoms with Crippen molar-refractivity contribution in [1.29, 1.82) is 5.26 Å². The van der Waals surface area contributed by atoms with Crippen LogP contribution in [0.2, 0.25) is 0 Å². The second-order valence-electron chi connectivity index (χ2n) is 10.5. The van der Waals surface area contributed by atoms with Crippen LogP contribution in [-0.4, -0.2) is 64.5 Å². The molecule has 7 heteroatoms. The van der Waals surface area contributed by atoms with E-state index in [9.17, 15) is 20.0 Å². The van der Waals surface area contributed by atoms with Crippen molar-refractivity contribution in [2.45, 2.75) is 75.9 Å². The molecule has 2 amide bonds. The van der Waals surface area contributed by atoms with Crippen LogP contribution in [0.5, 0.6) is 0 Å². The van der Waals surface area contributed by atoms with Gasteiger partial charge in [-0.25, -0.2) is 0 Å². The minimum absolute atomic E-state index is 0.0243. The Balaban J connectivity index is 1.25. The van der Waals surface area contributed by atoms with Crippen LogP contribution in [0.25, 0.3) is 0 Å². The molecule has 2 saturated heterocycles. The lowest BCUT2D eigenvalue weighted by molar-refractivity contribution is -0.150. The molecule has 2 aliphatic heterocycles. The zero-order valence-electron chi connectivity index (χ0n) is 17.1. The summed E-state index contributed by atoms with van der Waals surface area (Å²) in [6, 6.07) is 0.0996. The number of hydrogen-bond donors (Lipinski definition) is 2. The van der Waals surface area contributed by atoms with Crippen molar-refractivity contribution in [3.63, 3.8) is 0 Å². The van der Waals surface area contributed by atoms with Crippen molar-refractivity contribution in [2.75, 3.05) is 19.7 Å². The fourth-order valence-electron chi connectivity index (χ4n) is 7.94. The van der Waals surface area contributed by atoms with Gasteiger partial charge in [0, 0.05) is 19.1 Å². The van der Waals surface area contributed by atoms with Gasteiger partial charge in [-0.1, -0.05) is 0 Å². The van der Waals surface area contributed by atoms with E-state index in [1.165, 1.54) is 38.5 Å². The summed E-state index contributed by atoms with van der Waals surface area (Å²) in [5.74, 6) is 1.27. The quantitative estimate of drug-likeness (QED) is 0.534. The number of aliphatic hydroxyl groups excluding tert-OH is 1. The molecule has 2 heterocycles. The maximum atomic E-state index is 13.0. The maximum Gasteiger partial charge on any atom is 0.311 e. The van der Waals surface area contributed by atoms with E-state index in [1.54, 1.807) is 9.80 Å². The van der Waals surface area contributed by atoms with Crippen LogP contribution < -0.4 is 5.32 Å². The largest absolute Gasteiger partial charge is 0.395 e. The van der Waals surface area contributed by atoms with Gasteiger partial charge in [0.15, 0.2) is 6.19 Å². The Kier molecular flexibility index (Phi) is 4.73. The minimum Gasteiger partial charge on any atom is -0.395 e. The van der Waals surface area contributed by atoms with Crippen molar-refractivity contribution in [2.24, 2.45) is 23.2 Å². The van der Waals surface area contributed by atoms with Crippen molar-refractivity contribution in [3.05, 3.63) is 0 Å². The highest BCUT2D eigenvalue weighted by molar-refractivity contribution is 6.35. The summed E-state index contributed by atoms with van der Waals surface area (Å²) >= 11 is 0. The van der Waals surface area contributed by atoms with Crippen LogP contribution in [0.1, 0.15) is 57.8 Å². The Bertz CT molecular complexity index is 697. The van der Waals surface area contributed by atoms with Crippen molar-refractivity contribution in [1.82, 2.24) is 15.1 Å². The molecule has 6 rings (SSSR count). The van der Waals surface area contributed by atoms with Gasteiger partial charge in [-0.05, 0) is 81.0 Å². The molecular weight excluding hydrogens is 368 g/mol. The summed E-state index contributed by atoms with van der Waals surface area (Å²) in [6.07, 6.45) is 12.4. The topological polar surface area (TPSA) is 96.7 Å². The second kappa shape index (κ2) is 7.16. The molecule has 2 N–H and O–H groups in total. The molecule has 7 nitrogen and oxygen atoms in total. The Labute approximate surface area is 172 Å². The first kappa shape index (κ1) is 19.2. The fourth-order valence-corrected chi connectivity index (χ4v) is 7.94. The van der Waals surface area contributed by atoms with E-state index < -0.39 is 11.8 Å². The first-order valence-corrected chi connectivity index (χ1v) is 11.4. The lowest BCUT2D eigenvalue weighted by atomic mass is 9.49. The molecule has 4 aliphatic carbocycles. The molecule has 0 aromatic carbocycles. The number of fused-ring (bicyclic) bond motifs is 2. The van der Waals surface area contributed by atoms with Crippen LogP contribution in [-0.2, 0) is 9.59 Å². The number of carbonyl (C=O) groups excluding carboxylic acids is 2. The normalized spacial score (nSPS) is 41.4. The van der Waals surface area contributed by atoms with Gasteiger partial charge in [0.2, 0.25) is 0 Å². The number of nitrogens with one attached hydrogen (secondary N) is 1. The lowest BCUT2D eigenvalue weighted by Gasteiger charge is -2.57. The molecule has 0 unspecified atom stereocenters. The summed E-state index contributed by atoms with van der Waals surface area (Å²) in [7, 11) is 0. The smallest absolute Gasteiger partial charge is 0.311 e. The van der Waals surface area contributed by atoms with E-state index >= 15 is 0 Å². The molecule has 0 radical (unpaired) electrons. The van der Waals surface area contributed by atoms with E-state index in [0.29, 0.717) is 6.54 Å². The Morgan fingerprint density at radius 1 is 1.10 bits per heavy atom. The van der Waals surface area contributed by atoms with Crippen molar-refractivity contribution < 1.29 is 14.7 Å². The first-order chi connectivity index (χ1) is 14.0. The lowest BCUT2D eigenvalue weighted by Crippen LogP contribution is -2.56. The summed E-state index contributed by atoms with van der Waals surface area (Å²) in [5.41, 5.74) is 0.143. The molecule has 0 spiro atoms. The third-order valence-corrected chi connectivity index (χ3v) is 8.51. The van der Waals surface area contributed by atoms with Gasteiger partial charge in [-0.15, -0.1) is 0 Å². The van der Waals surface area contributed by atoms with Crippen LogP contribution in [0.3, 0.4) is 0 Å². The van der Waals surface area contributed by atoms with Crippen LogP contribution in [0.15, 0.2) is 0 Å². The molecule has 3 atom stereocenters. The molecule has 29 heavy (non-hydrogen) atoms. The predicted molar refractivity (Wildman–Crippen MR) is 105 cm³/mol. The van der Waals surface area contributed by atoms with Crippen LogP contribution in [0, 0.1) is 34.6 Å². The van der Waals surface area contributed by atoms with Gasteiger partial charge in [-0.3, -0.25) is 9.59 Å². The van der Waals surface area contributed by atoms with E-state index in [4.69, 9.17) is 0 Å². The molecule has 0 aromatic heterocycles. The number of amides is 2. The Hall–Kier alpha value is -1.81. The van der Waals surface area contributed by atoms with Gasteiger partial charge < -0.3 is 20.2 Å². The molecule has 6 fully saturated rings. The summed E-state index contributed by atoms with van der Waals surface area (Å²) < 4.78 is 0. The fraction of sp³-hybridized carbons (Fsp3) is 0.864. The molecule has 6 aliphatic rings. The molecule has 6 bridgehead atoms. The van der Waals surface area contributed by atoms with Gasteiger partial charge in [0.1, 0.15) is 0 Å². The average Bonchev–Trinajstić information content (AvgIpc) is 3.22. The van der Waals surface area contributed by atoms with Crippen LogP contribution >= 0.6 is 0 Å². The maximum absolute atomic E-state index is 13.0. The highest BCUT2D eigenvalue weighted by Crippen LogP contribution is 2.60. The Morgan fingerprint density at radius 3 is 2.31 bits per heavy atom. The van der Waals surface area contributed by atoms with Gasteiger partial charge in [0.25, 0.3) is 0 Å². The SMILES string of the molecule is N#CN1[C@H]2CC[C@@H]1[C@H](NC(=O)C(=O)N(CCO)CC13CC4CC(CC(C4)C1)C3)C2. The average molecular weight is 401 g/mol. The predicted octanol–water partition coefficient (Wildman–Crippen LogP) is 1.23. The second-order valence-corrected chi connectivity index (χ2v) is 10.5. The van der Waals surface area contributed by atoms with E-state index in [-0.39, 0.29) is 36.7 Å². The van der Waals surface area contributed by atoms with E-state index in [0.717, 1.165) is 37.0 Å². The number of aliphatic hydroxyl groups is 1. The molecule has 0 aromatic rings. The van der Waals surface area contributed by atoms with E-state index in [2.05, 4.69) is 11.5 Å². The highest BCUT2D eigenvalue weighted by Gasteiger charge is 2.52. The standard InChI is InChI=1S/C22H32N4O3/c23-13-26-17-1-2-19(26)18(8-17)24-20(28)21(29)25(3-4-27)12-22-9-14-5-15(10-22)7-16(6-14)11-22/h14-19,27H,1-12H2,(H,24,28)/t14?,15?,16?,17-,18+,19+,22?/m0/s1. The summed E-state index contributed by atoms with van der Waals surface area (Å²) in [6.45, 7) is 0.696. The summed E-state index contributed by atoms with van der Waals surface area (Å²) in [4.78, 5) is 29.2. The monoisotopic (exact) mass is 400 g/mol. The highest BCUT2D eigenvalue weighted by atomic mass is 16.3. The Morgan fingerprint density at radius 2 is 1.76 bits per heavy atom. The molecule has 158 valence electrons. The summed E-state index contributed by atoms with van der Waals surface area (Å²) in [5, 5.41) is 21.8. The van der Waals surface area contributed by atoms with Gasteiger partial charge >= 0.3 is 11.8 Å². The van der Waals surface area contributed by atoms with Gasteiger partial charge in [0.05, 0.1) is 18.7 Å². The third-order valence-electron chi connectivity index (χ3n) is 8.51. The third kappa shape index (κ3) is 3.30. The zero-order valence-corrected chi connectivity index (χ0v) is 17.1. The number of nitriles is 1.